The van der Waals surface area contributed by atoms with Gasteiger partial charge in [0.25, 0.3) is 0 Å². The Balaban J connectivity index is 2.23. The monoisotopic (exact) mass is 245 g/mol. The van der Waals surface area contributed by atoms with Crippen molar-refractivity contribution < 1.29 is 4.74 Å². The summed E-state index contributed by atoms with van der Waals surface area (Å²) < 4.78 is 5.08. The lowest BCUT2D eigenvalue weighted by Crippen LogP contribution is -1.89. The van der Waals surface area contributed by atoms with Crippen LogP contribution in [0.5, 0.6) is 5.75 Å². The first kappa shape index (κ1) is 11.7. The SMILES string of the molecule is COc1ccc(N=C(Cl)c2ccccc2)cc1. The highest BCUT2D eigenvalue weighted by atomic mass is 35.5. The normalized spacial score (nSPS) is 11.3. The van der Waals surface area contributed by atoms with E-state index in [2.05, 4.69) is 4.99 Å². The fraction of sp³-hybridized carbons (Fsp3) is 0.0714. The molecule has 86 valence electrons. The summed E-state index contributed by atoms with van der Waals surface area (Å²) in [5.41, 5.74) is 1.71. The Morgan fingerprint density at radius 1 is 1.00 bits per heavy atom. The topological polar surface area (TPSA) is 21.6 Å². The van der Waals surface area contributed by atoms with Crippen LogP contribution < -0.4 is 4.74 Å². The summed E-state index contributed by atoms with van der Waals surface area (Å²) in [4.78, 5) is 4.33. The van der Waals surface area contributed by atoms with E-state index in [4.69, 9.17) is 16.3 Å². The number of ether oxygens (including phenoxy) is 1. The summed E-state index contributed by atoms with van der Waals surface area (Å²) in [6, 6.07) is 17.1. The van der Waals surface area contributed by atoms with Crippen molar-refractivity contribution in [1.29, 1.82) is 0 Å². The minimum atomic E-state index is 0.482. The van der Waals surface area contributed by atoms with E-state index in [1.54, 1.807) is 7.11 Å². The number of hydrogen-bond acceptors (Lipinski definition) is 2. The quantitative estimate of drug-likeness (QED) is 0.749. The molecular formula is C14H12ClNO. The van der Waals surface area contributed by atoms with Gasteiger partial charge in [0.15, 0.2) is 0 Å². The van der Waals surface area contributed by atoms with Crippen molar-refractivity contribution >= 4 is 22.5 Å². The molecule has 0 aliphatic rings. The van der Waals surface area contributed by atoms with E-state index in [-0.39, 0.29) is 0 Å². The fourth-order valence-electron chi connectivity index (χ4n) is 1.41. The van der Waals surface area contributed by atoms with E-state index >= 15 is 0 Å². The Labute approximate surface area is 106 Å². The summed E-state index contributed by atoms with van der Waals surface area (Å²) in [6.45, 7) is 0. The van der Waals surface area contributed by atoms with Gasteiger partial charge in [0.05, 0.1) is 12.8 Å². The Bertz CT molecular complexity index is 506. The number of hydrogen-bond donors (Lipinski definition) is 0. The van der Waals surface area contributed by atoms with Gasteiger partial charge in [-0.15, -0.1) is 0 Å². The van der Waals surface area contributed by atoms with Gasteiger partial charge in [-0.1, -0.05) is 41.9 Å². The molecule has 0 spiro atoms. The predicted molar refractivity (Wildman–Crippen MR) is 71.5 cm³/mol. The van der Waals surface area contributed by atoms with Gasteiger partial charge in [0, 0.05) is 5.56 Å². The van der Waals surface area contributed by atoms with Crippen LogP contribution in [0.4, 0.5) is 5.69 Å². The van der Waals surface area contributed by atoms with Crippen LogP contribution in [0.1, 0.15) is 5.56 Å². The molecule has 0 heterocycles. The molecule has 0 bridgehead atoms. The largest absolute Gasteiger partial charge is 0.497 e. The molecule has 2 rings (SSSR count). The first-order chi connectivity index (χ1) is 8.29. The van der Waals surface area contributed by atoms with Crippen LogP contribution in [-0.4, -0.2) is 12.3 Å². The zero-order valence-corrected chi connectivity index (χ0v) is 10.2. The smallest absolute Gasteiger partial charge is 0.136 e. The van der Waals surface area contributed by atoms with E-state index < -0.39 is 0 Å². The van der Waals surface area contributed by atoms with E-state index in [1.165, 1.54) is 0 Å². The molecule has 0 aliphatic carbocycles. The molecule has 0 aliphatic heterocycles. The van der Waals surface area contributed by atoms with Gasteiger partial charge in [-0.2, -0.15) is 0 Å². The molecule has 2 aromatic carbocycles. The van der Waals surface area contributed by atoms with Crippen LogP contribution in [0.2, 0.25) is 0 Å². The van der Waals surface area contributed by atoms with Gasteiger partial charge in [-0.25, -0.2) is 4.99 Å². The molecule has 0 N–H and O–H groups in total. The van der Waals surface area contributed by atoms with Crippen LogP contribution in [0.25, 0.3) is 0 Å². The van der Waals surface area contributed by atoms with E-state index in [1.807, 2.05) is 54.6 Å². The number of methoxy groups -OCH3 is 1. The predicted octanol–water partition coefficient (Wildman–Crippen LogP) is 4.01. The lowest BCUT2D eigenvalue weighted by molar-refractivity contribution is 0.415. The summed E-state index contributed by atoms with van der Waals surface area (Å²) >= 11 is 6.13. The van der Waals surface area contributed by atoms with Gasteiger partial charge in [-0.3, -0.25) is 0 Å². The van der Waals surface area contributed by atoms with Gasteiger partial charge in [-0.05, 0) is 24.3 Å². The van der Waals surface area contributed by atoms with E-state index in [0.29, 0.717) is 5.17 Å². The van der Waals surface area contributed by atoms with Crippen LogP contribution in [0, 0.1) is 0 Å². The van der Waals surface area contributed by atoms with Crippen molar-refractivity contribution in [2.75, 3.05) is 7.11 Å². The second kappa shape index (κ2) is 5.51. The molecule has 0 aromatic heterocycles. The van der Waals surface area contributed by atoms with Gasteiger partial charge in [0.1, 0.15) is 10.9 Å². The summed E-state index contributed by atoms with van der Waals surface area (Å²) in [7, 11) is 1.63. The molecule has 2 aromatic rings. The summed E-state index contributed by atoms with van der Waals surface area (Å²) in [5.74, 6) is 0.805. The number of aliphatic imine (C=N–C) groups is 1. The molecule has 0 atom stereocenters. The fourth-order valence-corrected chi connectivity index (χ4v) is 1.63. The third-order valence-corrected chi connectivity index (χ3v) is 2.61. The van der Waals surface area contributed by atoms with Crippen molar-refractivity contribution in [3.05, 3.63) is 60.2 Å². The molecule has 0 radical (unpaired) electrons. The van der Waals surface area contributed by atoms with Gasteiger partial charge < -0.3 is 4.74 Å². The minimum absolute atomic E-state index is 0.482. The first-order valence-electron chi connectivity index (χ1n) is 5.23. The van der Waals surface area contributed by atoms with Gasteiger partial charge >= 0.3 is 0 Å². The average Bonchev–Trinajstić information content (AvgIpc) is 2.40. The van der Waals surface area contributed by atoms with Crippen molar-refractivity contribution in [2.45, 2.75) is 0 Å². The third-order valence-electron chi connectivity index (χ3n) is 2.31. The molecule has 3 heteroatoms. The lowest BCUT2D eigenvalue weighted by Gasteiger charge is -2.01. The Kier molecular flexibility index (Phi) is 3.78. The summed E-state index contributed by atoms with van der Waals surface area (Å²) in [6.07, 6.45) is 0. The second-order valence-electron chi connectivity index (χ2n) is 3.47. The maximum Gasteiger partial charge on any atom is 0.136 e. The van der Waals surface area contributed by atoms with Crippen molar-refractivity contribution in [1.82, 2.24) is 0 Å². The Hall–Kier alpha value is -1.80. The van der Waals surface area contributed by atoms with Crippen LogP contribution >= 0.6 is 11.6 Å². The molecule has 0 unspecified atom stereocenters. The van der Waals surface area contributed by atoms with E-state index in [9.17, 15) is 0 Å². The van der Waals surface area contributed by atoms with E-state index in [0.717, 1.165) is 17.0 Å². The highest BCUT2D eigenvalue weighted by Crippen LogP contribution is 2.19. The molecule has 2 nitrogen and oxygen atoms in total. The third kappa shape index (κ3) is 3.08. The minimum Gasteiger partial charge on any atom is -0.497 e. The standard InChI is InChI=1S/C14H12ClNO/c1-17-13-9-7-12(8-10-13)16-14(15)11-5-3-2-4-6-11/h2-10H,1H3. The van der Waals surface area contributed by atoms with Crippen molar-refractivity contribution in [3.8, 4) is 5.75 Å². The number of nitrogens with zero attached hydrogens (tertiary/aromatic N) is 1. The summed E-state index contributed by atoms with van der Waals surface area (Å²) in [5, 5.41) is 0.482. The number of halogens is 1. The highest BCUT2D eigenvalue weighted by molar-refractivity contribution is 6.69. The van der Waals surface area contributed by atoms with Crippen molar-refractivity contribution in [2.24, 2.45) is 4.99 Å². The molecule has 0 fully saturated rings. The highest BCUT2D eigenvalue weighted by Gasteiger charge is 1.99. The number of rotatable bonds is 3. The molecule has 17 heavy (non-hydrogen) atoms. The Morgan fingerprint density at radius 3 is 2.24 bits per heavy atom. The lowest BCUT2D eigenvalue weighted by atomic mass is 10.2. The van der Waals surface area contributed by atoms with Gasteiger partial charge in [0.2, 0.25) is 0 Å². The number of benzene rings is 2. The maximum atomic E-state index is 6.13. The zero-order valence-electron chi connectivity index (χ0n) is 9.43. The second-order valence-corrected chi connectivity index (χ2v) is 3.82. The Morgan fingerprint density at radius 2 is 1.65 bits per heavy atom. The first-order valence-corrected chi connectivity index (χ1v) is 5.61. The maximum absolute atomic E-state index is 6.13. The van der Waals surface area contributed by atoms with Crippen LogP contribution in [0.15, 0.2) is 59.6 Å². The van der Waals surface area contributed by atoms with Crippen LogP contribution in [0.3, 0.4) is 0 Å². The molecular weight excluding hydrogens is 234 g/mol. The molecule has 0 saturated carbocycles. The average molecular weight is 246 g/mol. The molecule has 0 amide bonds. The molecule has 0 saturated heterocycles. The zero-order chi connectivity index (χ0) is 12.1. The van der Waals surface area contributed by atoms with Crippen molar-refractivity contribution in [3.63, 3.8) is 0 Å². The van der Waals surface area contributed by atoms with Crippen LogP contribution in [-0.2, 0) is 0 Å².